The highest BCUT2D eigenvalue weighted by Crippen LogP contribution is 2.31. The number of anilines is 1. The Morgan fingerprint density at radius 2 is 1.88 bits per heavy atom. The van der Waals surface area contributed by atoms with Crippen LogP contribution >= 0.6 is 23.2 Å². The van der Waals surface area contributed by atoms with Gasteiger partial charge in [0.05, 0.1) is 15.7 Å². The second-order valence-corrected chi connectivity index (χ2v) is 4.46. The average molecular weight is 271 g/mol. The highest BCUT2D eigenvalue weighted by atomic mass is 35.5. The summed E-state index contributed by atoms with van der Waals surface area (Å²) in [5.41, 5.74) is 7.34. The van der Waals surface area contributed by atoms with Gasteiger partial charge in [-0.1, -0.05) is 23.2 Å². The summed E-state index contributed by atoms with van der Waals surface area (Å²) in [6.07, 6.45) is 0. The molecule has 1 aromatic heterocycles. The summed E-state index contributed by atoms with van der Waals surface area (Å²) in [5.74, 6) is -0.0696. The maximum Gasteiger partial charge on any atom is 0.143 e. The van der Waals surface area contributed by atoms with Crippen LogP contribution in [-0.2, 0) is 0 Å². The van der Waals surface area contributed by atoms with Crippen molar-refractivity contribution in [1.29, 1.82) is 0 Å². The van der Waals surface area contributed by atoms with E-state index in [0.717, 1.165) is 0 Å². The molecule has 1 heterocycles. The molecule has 2 rings (SSSR count). The van der Waals surface area contributed by atoms with E-state index in [1.807, 2.05) is 0 Å². The normalized spacial score (nSPS) is 10.6. The fourth-order valence-corrected chi connectivity index (χ4v) is 1.94. The van der Waals surface area contributed by atoms with Crippen molar-refractivity contribution in [3.63, 3.8) is 0 Å². The minimum Gasteiger partial charge on any atom is -0.382 e. The van der Waals surface area contributed by atoms with Crippen molar-refractivity contribution < 1.29 is 4.39 Å². The third kappa shape index (κ3) is 2.35. The van der Waals surface area contributed by atoms with Crippen molar-refractivity contribution in [2.24, 2.45) is 0 Å². The van der Waals surface area contributed by atoms with E-state index in [1.165, 1.54) is 12.1 Å². The molecule has 5 heteroatoms. The molecule has 0 saturated carbocycles. The Labute approximate surface area is 108 Å². The average Bonchev–Trinajstić information content (AvgIpc) is 2.27. The van der Waals surface area contributed by atoms with E-state index in [0.29, 0.717) is 26.9 Å². The lowest BCUT2D eigenvalue weighted by atomic mass is 10.1. The Morgan fingerprint density at radius 1 is 1.18 bits per heavy atom. The summed E-state index contributed by atoms with van der Waals surface area (Å²) in [6.45, 7) is 1.67. The molecule has 0 spiro atoms. The lowest BCUT2D eigenvalue weighted by Crippen LogP contribution is -1.95. The quantitative estimate of drug-likeness (QED) is 0.848. The van der Waals surface area contributed by atoms with E-state index >= 15 is 0 Å². The first-order valence-corrected chi connectivity index (χ1v) is 5.62. The molecule has 0 aliphatic rings. The van der Waals surface area contributed by atoms with E-state index in [-0.39, 0.29) is 11.6 Å². The number of benzene rings is 1. The molecule has 0 saturated heterocycles. The number of pyridine rings is 1. The molecule has 17 heavy (non-hydrogen) atoms. The lowest BCUT2D eigenvalue weighted by Gasteiger charge is -2.07. The lowest BCUT2D eigenvalue weighted by molar-refractivity contribution is 0.619. The van der Waals surface area contributed by atoms with Gasteiger partial charge in [0.25, 0.3) is 0 Å². The third-order valence-corrected chi connectivity index (χ3v) is 2.98. The van der Waals surface area contributed by atoms with Crippen LogP contribution < -0.4 is 5.73 Å². The number of hydrogen-bond acceptors (Lipinski definition) is 2. The van der Waals surface area contributed by atoms with Crippen molar-refractivity contribution in [1.82, 2.24) is 4.98 Å². The first-order chi connectivity index (χ1) is 7.99. The highest BCUT2D eigenvalue weighted by molar-refractivity contribution is 6.37. The van der Waals surface area contributed by atoms with Gasteiger partial charge in [-0.25, -0.2) is 9.37 Å². The third-order valence-electron chi connectivity index (χ3n) is 2.39. The van der Waals surface area contributed by atoms with Gasteiger partial charge in [0.2, 0.25) is 0 Å². The van der Waals surface area contributed by atoms with E-state index in [9.17, 15) is 4.39 Å². The monoisotopic (exact) mass is 270 g/mol. The summed E-state index contributed by atoms with van der Waals surface area (Å²) in [6, 6.07) is 6.16. The van der Waals surface area contributed by atoms with Crippen LogP contribution in [0, 0.1) is 12.7 Å². The number of nitrogens with two attached hydrogens (primary N) is 1. The number of nitrogen functional groups attached to an aromatic ring is 1. The zero-order valence-electron chi connectivity index (χ0n) is 8.97. The van der Waals surface area contributed by atoms with Gasteiger partial charge in [0.1, 0.15) is 11.6 Å². The molecule has 2 nitrogen and oxygen atoms in total. The summed E-state index contributed by atoms with van der Waals surface area (Å²) in [4.78, 5) is 4.10. The minimum atomic E-state index is -0.271. The molecule has 2 aromatic rings. The van der Waals surface area contributed by atoms with Crippen LogP contribution in [0.25, 0.3) is 11.3 Å². The summed E-state index contributed by atoms with van der Waals surface area (Å²) < 4.78 is 13.2. The predicted octanol–water partition coefficient (Wildman–Crippen LogP) is 4.09. The van der Waals surface area contributed by atoms with Crippen molar-refractivity contribution >= 4 is 29.0 Å². The summed E-state index contributed by atoms with van der Waals surface area (Å²) >= 11 is 11.8. The van der Waals surface area contributed by atoms with Crippen molar-refractivity contribution in [2.75, 3.05) is 5.73 Å². The van der Waals surface area contributed by atoms with Crippen LogP contribution in [0.3, 0.4) is 0 Å². The van der Waals surface area contributed by atoms with E-state index in [2.05, 4.69) is 4.98 Å². The summed E-state index contributed by atoms with van der Waals surface area (Å²) in [5, 5.41) is 0.688. The van der Waals surface area contributed by atoms with Crippen LogP contribution in [-0.4, -0.2) is 4.98 Å². The molecule has 1 aromatic carbocycles. The topological polar surface area (TPSA) is 38.9 Å². The van der Waals surface area contributed by atoms with Crippen molar-refractivity contribution in [2.45, 2.75) is 6.92 Å². The van der Waals surface area contributed by atoms with Gasteiger partial charge in [-0.3, -0.25) is 0 Å². The molecular weight excluding hydrogens is 262 g/mol. The van der Waals surface area contributed by atoms with Gasteiger partial charge in [-0.05, 0) is 36.8 Å². The first-order valence-electron chi connectivity index (χ1n) is 4.87. The fourth-order valence-electron chi connectivity index (χ4n) is 1.48. The number of rotatable bonds is 1. The molecule has 0 bridgehead atoms. The van der Waals surface area contributed by atoms with Crippen LogP contribution in [0.1, 0.15) is 5.56 Å². The van der Waals surface area contributed by atoms with E-state index in [1.54, 1.807) is 19.1 Å². The van der Waals surface area contributed by atoms with Gasteiger partial charge >= 0.3 is 0 Å². The van der Waals surface area contributed by atoms with Gasteiger partial charge in [0, 0.05) is 5.56 Å². The minimum absolute atomic E-state index is 0.202. The Bertz CT molecular complexity index is 585. The summed E-state index contributed by atoms with van der Waals surface area (Å²) in [7, 11) is 0. The molecule has 88 valence electrons. The Kier molecular flexibility index (Phi) is 3.22. The predicted molar refractivity (Wildman–Crippen MR) is 68.8 cm³/mol. The van der Waals surface area contributed by atoms with Crippen LogP contribution in [0.4, 0.5) is 10.2 Å². The van der Waals surface area contributed by atoms with Crippen molar-refractivity contribution in [3.8, 4) is 11.3 Å². The molecule has 0 aliphatic heterocycles. The van der Waals surface area contributed by atoms with Gasteiger partial charge < -0.3 is 5.73 Å². The SMILES string of the molecule is Cc1cc(-c2nc(N)c(Cl)cc2Cl)ccc1F. The van der Waals surface area contributed by atoms with E-state index < -0.39 is 0 Å². The number of aromatic nitrogens is 1. The zero-order chi connectivity index (χ0) is 12.6. The molecule has 2 N–H and O–H groups in total. The Balaban J connectivity index is 2.60. The Hall–Kier alpha value is -1.32. The second kappa shape index (κ2) is 4.51. The van der Waals surface area contributed by atoms with Gasteiger partial charge in [-0.15, -0.1) is 0 Å². The molecule has 0 unspecified atom stereocenters. The Morgan fingerprint density at radius 3 is 2.53 bits per heavy atom. The smallest absolute Gasteiger partial charge is 0.143 e. The van der Waals surface area contributed by atoms with Crippen molar-refractivity contribution in [3.05, 3.63) is 45.7 Å². The second-order valence-electron chi connectivity index (χ2n) is 3.65. The van der Waals surface area contributed by atoms with Crippen LogP contribution in [0.15, 0.2) is 24.3 Å². The molecule has 0 amide bonds. The highest BCUT2D eigenvalue weighted by Gasteiger charge is 2.10. The molecule has 0 fully saturated rings. The largest absolute Gasteiger partial charge is 0.382 e. The number of aryl methyl sites for hydroxylation is 1. The van der Waals surface area contributed by atoms with E-state index in [4.69, 9.17) is 28.9 Å². The molecule has 0 atom stereocenters. The molecular formula is C12H9Cl2FN2. The van der Waals surface area contributed by atoms with Gasteiger partial charge in [0.15, 0.2) is 0 Å². The van der Waals surface area contributed by atoms with Crippen LogP contribution in [0.2, 0.25) is 10.0 Å². The molecule has 0 aliphatic carbocycles. The number of hydrogen-bond donors (Lipinski definition) is 1. The van der Waals surface area contributed by atoms with Crippen LogP contribution in [0.5, 0.6) is 0 Å². The number of nitrogens with zero attached hydrogens (tertiary/aromatic N) is 1. The zero-order valence-corrected chi connectivity index (χ0v) is 10.5. The number of halogens is 3. The standard InChI is InChI=1S/C12H9Cl2FN2/c1-6-4-7(2-3-10(6)15)11-8(13)5-9(14)12(16)17-11/h2-5H,1H3,(H2,16,17). The maximum atomic E-state index is 13.2. The fraction of sp³-hybridized carbons (Fsp3) is 0.0833. The van der Waals surface area contributed by atoms with Gasteiger partial charge in [-0.2, -0.15) is 0 Å². The maximum absolute atomic E-state index is 13.2. The molecule has 0 radical (unpaired) electrons. The first kappa shape index (κ1) is 12.1.